The van der Waals surface area contributed by atoms with Crippen LogP contribution in [0.5, 0.6) is 0 Å². The van der Waals surface area contributed by atoms with Crippen LogP contribution in [-0.2, 0) is 9.53 Å². The Morgan fingerprint density at radius 2 is 1.90 bits per heavy atom. The fourth-order valence-electron chi connectivity index (χ4n) is 2.52. The van der Waals surface area contributed by atoms with Crippen molar-refractivity contribution in [2.75, 3.05) is 45.9 Å². The zero-order chi connectivity index (χ0) is 15.1. The van der Waals surface area contributed by atoms with E-state index in [-0.39, 0.29) is 12.0 Å². The third kappa shape index (κ3) is 6.20. The van der Waals surface area contributed by atoms with Crippen molar-refractivity contribution in [1.82, 2.24) is 9.80 Å². The lowest BCUT2D eigenvalue weighted by molar-refractivity contribution is -0.135. The molecule has 2 N–H and O–H groups in total. The predicted octanol–water partition coefficient (Wildman–Crippen LogP) is 0.787. The third-order valence-corrected chi connectivity index (χ3v) is 3.37. The largest absolute Gasteiger partial charge is 0.374 e. The average Bonchev–Trinajstić information content (AvgIpc) is 2.37. The summed E-state index contributed by atoms with van der Waals surface area (Å²) < 4.78 is 5.54. The molecule has 0 spiro atoms. The Bertz CT molecular complexity index is 285. The highest BCUT2D eigenvalue weighted by atomic mass is 16.5. The normalized spacial score (nSPS) is 20.6. The number of carbonyl (C=O) groups is 1. The minimum absolute atomic E-state index is 0.0696. The Hall–Kier alpha value is -0.650. The van der Waals surface area contributed by atoms with E-state index < -0.39 is 0 Å². The molecule has 20 heavy (non-hydrogen) atoms. The quantitative estimate of drug-likeness (QED) is 0.751. The number of rotatable bonds is 7. The van der Waals surface area contributed by atoms with E-state index in [9.17, 15) is 4.79 Å². The van der Waals surface area contributed by atoms with E-state index in [0.717, 1.165) is 26.2 Å². The molecular weight excluding hydrogens is 254 g/mol. The summed E-state index contributed by atoms with van der Waals surface area (Å²) in [6.07, 6.45) is 0.0696. The Morgan fingerprint density at radius 3 is 2.40 bits per heavy atom. The number of morpholine rings is 1. The molecular formula is C15H31N3O2. The van der Waals surface area contributed by atoms with Gasteiger partial charge in [-0.05, 0) is 11.8 Å². The maximum Gasteiger partial charge on any atom is 0.236 e. The maximum atomic E-state index is 12.5. The summed E-state index contributed by atoms with van der Waals surface area (Å²) in [5.74, 6) is 1.23. The first-order chi connectivity index (χ1) is 9.42. The minimum Gasteiger partial charge on any atom is -0.374 e. The summed E-state index contributed by atoms with van der Waals surface area (Å²) >= 11 is 0. The van der Waals surface area contributed by atoms with Gasteiger partial charge in [0.2, 0.25) is 5.91 Å². The van der Waals surface area contributed by atoms with Crippen LogP contribution < -0.4 is 5.73 Å². The van der Waals surface area contributed by atoms with Crippen molar-refractivity contribution in [3.05, 3.63) is 0 Å². The molecule has 1 fully saturated rings. The van der Waals surface area contributed by atoms with Gasteiger partial charge in [-0.3, -0.25) is 9.69 Å². The summed E-state index contributed by atoms with van der Waals surface area (Å²) in [6.45, 7) is 13.5. The second-order valence-corrected chi connectivity index (χ2v) is 6.55. The molecule has 1 unspecified atom stereocenters. The lowest BCUT2D eigenvalue weighted by atomic mass is 10.1. The highest BCUT2D eigenvalue weighted by molar-refractivity contribution is 5.78. The summed E-state index contributed by atoms with van der Waals surface area (Å²) in [5.41, 5.74) is 5.64. The number of amides is 1. The molecule has 1 aliphatic heterocycles. The fourth-order valence-corrected chi connectivity index (χ4v) is 2.52. The van der Waals surface area contributed by atoms with Gasteiger partial charge in [-0.1, -0.05) is 27.7 Å². The summed E-state index contributed by atoms with van der Waals surface area (Å²) in [4.78, 5) is 16.7. The van der Waals surface area contributed by atoms with Crippen LogP contribution >= 0.6 is 0 Å². The molecule has 1 heterocycles. The van der Waals surface area contributed by atoms with Crippen molar-refractivity contribution in [2.45, 2.75) is 33.8 Å². The third-order valence-electron chi connectivity index (χ3n) is 3.37. The second-order valence-electron chi connectivity index (χ2n) is 6.55. The first kappa shape index (κ1) is 17.4. The molecule has 118 valence electrons. The smallest absolute Gasteiger partial charge is 0.236 e. The van der Waals surface area contributed by atoms with Crippen molar-refractivity contribution in [2.24, 2.45) is 17.6 Å². The molecule has 0 saturated carbocycles. The van der Waals surface area contributed by atoms with Crippen molar-refractivity contribution < 1.29 is 9.53 Å². The number of ether oxygens (including phenoxy) is 1. The number of carbonyl (C=O) groups excluding carboxylic acids is 1. The highest BCUT2D eigenvalue weighted by Gasteiger charge is 2.24. The molecule has 1 aliphatic rings. The number of hydrogen-bond donors (Lipinski definition) is 1. The van der Waals surface area contributed by atoms with Crippen LogP contribution in [0, 0.1) is 11.8 Å². The van der Waals surface area contributed by atoms with Crippen molar-refractivity contribution in [1.29, 1.82) is 0 Å². The number of hydrogen-bond acceptors (Lipinski definition) is 4. The topological polar surface area (TPSA) is 58.8 Å². The van der Waals surface area contributed by atoms with Crippen molar-refractivity contribution in [3.63, 3.8) is 0 Å². The Labute approximate surface area is 123 Å². The monoisotopic (exact) mass is 285 g/mol. The second kappa shape index (κ2) is 8.60. The lowest BCUT2D eigenvalue weighted by Crippen LogP contribution is -2.50. The Morgan fingerprint density at radius 1 is 1.30 bits per heavy atom. The molecule has 1 saturated heterocycles. The Balaban J connectivity index is 2.51. The first-order valence-corrected chi connectivity index (χ1v) is 7.74. The summed E-state index contributed by atoms with van der Waals surface area (Å²) in [7, 11) is 0. The average molecular weight is 285 g/mol. The van der Waals surface area contributed by atoms with Gasteiger partial charge in [0, 0.05) is 32.7 Å². The van der Waals surface area contributed by atoms with Gasteiger partial charge in [-0.2, -0.15) is 0 Å². The lowest BCUT2D eigenvalue weighted by Gasteiger charge is -2.34. The SMILES string of the molecule is CC(C)CN(CC(C)C)C(=O)CN1CCOC(CN)C1. The molecule has 0 radical (unpaired) electrons. The zero-order valence-electron chi connectivity index (χ0n) is 13.5. The van der Waals surface area contributed by atoms with E-state index in [4.69, 9.17) is 10.5 Å². The van der Waals surface area contributed by atoms with E-state index in [1.54, 1.807) is 0 Å². The van der Waals surface area contributed by atoms with Gasteiger partial charge in [-0.25, -0.2) is 0 Å². The summed E-state index contributed by atoms with van der Waals surface area (Å²) in [6, 6.07) is 0. The molecule has 0 aromatic heterocycles. The van der Waals surface area contributed by atoms with E-state index in [1.807, 2.05) is 4.90 Å². The van der Waals surface area contributed by atoms with E-state index in [2.05, 4.69) is 32.6 Å². The molecule has 1 atom stereocenters. The van der Waals surface area contributed by atoms with Gasteiger partial charge in [0.15, 0.2) is 0 Å². The zero-order valence-corrected chi connectivity index (χ0v) is 13.5. The van der Waals surface area contributed by atoms with Gasteiger partial charge < -0.3 is 15.4 Å². The van der Waals surface area contributed by atoms with Crippen molar-refractivity contribution >= 4 is 5.91 Å². The van der Waals surface area contributed by atoms with Crippen LogP contribution in [0.3, 0.4) is 0 Å². The number of nitrogens with two attached hydrogens (primary N) is 1. The fraction of sp³-hybridized carbons (Fsp3) is 0.933. The Kier molecular flexibility index (Phi) is 7.48. The van der Waals surface area contributed by atoms with Crippen LogP contribution in [0.1, 0.15) is 27.7 Å². The molecule has 0 aromatic rings. The molecule has 0 aromatic carbocycles. The van der Waals surface area contributed by atoms with E-state index in [0.29, 0.717) is 31.5 Å². The molecule has 5 nitrogen and oxygen atoms in total. The molecule has 0 aliphatic carbocycles. The van der Waals surface area contributed by atoms with Crippen molar-refractivity contribution in [3.8, 4) is 0 Å². The molecule has 5 heteroatoms. The van der Waals surface area contributed by atoms with Crippen LogP contribution in [0.2, 0.25) is 0 Å². The van der Waals surface area contributed by atoms with Gasteiger partial charge in [0.05, 0.1) is 19.3 Å². The predicted molar refractivity (Wildman–Crippen MR) is 81.5 cm³/mol. The van der Waals surface area contributed by atoms with Gasteiger partial charge in [0.25, 0.3) is 0 Å². The van der Waals surface area contributed by atoms with E-state index in [1.165, 1.54) is 0 Å². The van der Waals surface area contributed by atoms with Gasteiger partial charge >= 0.3 is 0 Å². The van der Waals surface area contributed by atoms with Crippen LogP contribution in [0.25, 0.3) is 0 Å². The first-order valence-electron chi connectivity index (χ1n) is 7.74. The van der Waals surface area contributed by atoms with Crippen LogP contribution in [0.4, 0.5) is 0 Å². The van der Waals surface area contributed by atoms with E-state index >= 15 is 0 Å². The van der Waals surface area contributed by atoms with Crippen LogP contribution in [0.15, 0.2) is 0 Å². The van der Waals surface area contributed by atoms with Crippen LogP contribution in [-0.4, -0.2) is 67.7 Å². The maximum absolute atomic E-state index is 12.5. The molecule has 1 rings (SSSR count). The number of nitrogens with zero attached hydrogens (tertiary/aromatic N) is 2. The van der Waals surface area contributed by atoms with Gasteiger partial charge in [0.1, 0.15) is 0 Å². The van der Waals surface area contributed by atoms with Gasteiger partial charge in [-0.15, -0.1) is 0 Å². The summed E-state index contributed by atoms with van der Waals surface area (Å²) in [5, 5.41) is 0. The highest BCUT2D eigenvalue weighted by Crippen LogP contribution is 2.08. The minimum atomic E-state index is 0.0696. The standard InChI is InChI=1S/C15H31N3O2/c1-12(2)8-18(9-13(3)4)15(19)11-17-5-6-20-14(7-16)10-17/h12-14H,5-11,16H2,1-4H3. The molecule has 1 amide bonds. The molecule has 0 bridgehead atoms.